The van der Waals surface area contributed by atoms with Crippen molar-refractivity contribution in [3.05, 3.63) is 29.8 Å². The van der Waals surface area contributed by atoms with Gasteiger partial charge in [-0.25, -0.2) is 0 Å². The Balaban J connectivity index is 1.57. The van der Waals surface area contributed by atoms with Gasteiger partial charge in [0.25, 0.3) is 5.91 Å². The lowest BCUT2D eigenvalue weighted by molar-refractivity contribution is -0.115. The molecule has 5 heteroatoms. The maximum absolute atomic E-state index is 12.4. The minimum absolute atomic E-state index is 0.0478. The first kappa shape index (κ1) is 15.0. The van der Waals surface area contributed by atoms with Gasteiger partial charge in [-0.2, -0.15) is 0 Å². The monoisotopic (exact) mass is 301 g/mol. The molecule has 1 saturated carbocycles. The van der Waals surface area contributed by atoms with Crippen LogP contribution in [0.15, 0.2) is 24.3 Å². The molecule has 1 heterocycles. The molecule has 5 nitrogen and oxygen atoms in total. The number of hydrogen-bond donors (Lipinski definition) is 2. The van der Waals surface area contributed by atoms with Crippen molar-refractivity contribution >= 4 is 17.5 Å². The summed E-state index contributed by atoms with van der Waals surface area (Å²) in [6, 6.07) is 8.11. The number of rotatable bonds is 5. The number of hydrogen-bond acceptors (Lipinski definition) is 3. The topological polar surface area (TPSA) is 61.4 Å². The molecule has 2 fully saturated rings. The van der Waals surface area contributed by atoms with Crippen LogP contribution in [0.3, 0.4) is 0 Å². The van der Waals surface area contributed by atoms with Gasteiger partial charge >= 0.3 is 0 Å². The van der Waals surface area contributed by atoms with Gasteiger partial charge in [-0.1, -0.05) is 13.0 Å². The number of nitrogens with one attached hydrogen (secondary N) is 2. The highest BCUT2D eigenvalue weighted by Gasteiger charge is 2.34. The van der Waals surface area contributed by atoms with Gasteiger partial charge in [0, 0.05) is 42.8 Å². The van der Waals surface area contributed by atoms with Crippen LogP contribution < -0.4 is 10.6 Å². The van der Waals surface area contributed by atoms with Crippen molar-refractivity contribution in [2.75, 3.05) is 18.4 Å². The first-order valence-electron chi connectivity index (χ1n) is 8.10. The summed E-state index contributed by atoms with van der Waals surface area (Å²) in [5, 5.41) is 5.89. The van der Waals surface area contributed by atoms with Crippen molar-refractivity contribution in [3.8, 4) is 0 Å². The number of carbonyl (C=O) groups is 2. The minimum Gasteiger partial charge on any atom is -0.348 e. The van der Waals surface area contributed by atoms with Crippen LogP contribution in [0, 0.1) is 0 Å². The second kappa shape index (κ2) is 6.48. The molecule has 0 spiro atoms. The standard InChI is InChI=1S/C17H23N3O2/c1-2-16(21)18-13-5-3-4-12(10-13)17(22)19-14-8-9-20(11-14)15-6-7-15/h3-5,10,14-15H,2,6-9,11H2,1H3,(H,18,21)(H,19,22). The zero-order chi connectivity index (χ0) is 15.5. The zero-order valence-corrected chi connectivity index (χ0v) is 13.0. The molecule has 1 aromatic carbocycles. The third-order valence-corrected chi connectivity index (χ3v) is 4.35. The molecule has 1 unspecified atom stereocenters. The number of amides is 2. The first-order valence-corrected chi connectivity index (χ1v) is 8.10. The summed E-state index contributed by atoms with van der Waals surface area (Å²) in [6.45, 7) is 3.85. The van der Waals surface area contributed by atoms with Crippen LogP contribution in [0.5, 0.6) is 0 Å². The van der Waals surface area contributed by atoms with E-state index in [9.17, 15) is 9.59 Å². The van der Waals surface area contributed by atoms with E-state index < -0.39 is 0 Å². The van der Waals surface area contributed by atoms with E-state index >= 15 is 0 Å². The van der Waals surface area contributed by atoms with E-state index in [-0.39, 0.29) is 17.9 Å². The summed E-state index contributed by atoms with van der Waals surface area (Å²) < 4.78 is 0. The van der Waals surface area contributed by atoms with Gasteiger partial charge in [0.15, 0.2) is 0 Å². The SMILES string of the molecule is CCC(=O)Nc1cccc(C(=O)NC2CCN(C3CC3)C2)c1. The molecule has 2 N–H and O–H groups in total. The van der Waals surface area contributed by atoms with Crippen LogP contribution in [0.1, 0.15) is 43.0 Å². The number of nitrogens with zero attached hydrogens (tertiary/aromatic N) is 1. The fraction of sp³-hybridized carbons (Fsp3) is 0.529. The molecular weight excluding hydrogens is 278 g/mol. The number of carbonyl (C=O) groups excluding carboxylic acids is 2. The molecule has 1 aliphatic carbocycles. The van der Waals surface area contributed by atoms with Crippen LogP contribution in [0.4, 0.5) is 5.69 Å². The van der Waals surface area contributed by atoms with Crippen molar-refractivity contribution in [2.45, 2.75) is 44.7 Å². The van der Waals surface area contributed by atoms with Crippen LogP contribution in [0.2, 0.25) is 0 Å². The summed E-state index contributed by atoms with van der Waals surface area (Å²) in [5.74, 6) is -0.108. The molecule has 0 bridgehead atoms. The minimum atomic E-state index is -0.0600. The average molecular weight is 301 g/mol. The van der Waals surface area contributed by atoms with E-state index in [2.05, 4.69) is 15.5 Å². The maximum atomic E-state index is 12.4. The van der Waals surface area contributed by atoms with E-state index in [4.69, 9.17) is 0 Å². The predicted molar refractivity (Wildman–Crippen MR) is 85.8 cm³/mol. The van der Waals surface area contributed by atoms with Crippen molar-refractivity contribution in [1.82, 2.24) is 10.2 Å². The van der Waals surface area contributed by atoms with E-state index in [1.165, 1.54) is 12.8 Å². The summed E-state index contributed by atoms with van der Waals surface area (Å²) >= 11 is 0. The van der Waals surface area contributed by atoms with E-state index in [1.807, 2.05) is 0 Å². The first-order chi connectivity index (χ1) is 10.7. The molecule has 118 valence electrons. The molecule has 1 aliphatic heterocycles. The predicted octanol–water partition coefficient (Wildman–Crippen LogP) is 2.00. The van der Waals surface area contributed by atoms with Crippen LogP contribution in [-0.4, -0.2) is 41.9 Å². The molecule has 2 aliphatic rings. The molecule has 1 saturated heterocycles. The summed E-state index contributed by atoms with van der Waals surface area (Å²) in [4.78, 5) is 26.3. The van der Waals surface area contributed by atoms with Crippen molar-refractivity contribution < 1.29 is 9.59 Å². The Morgan fingerprint density at radius 2 is 2.09 bits per heavy atom. The van der Waals surface area contributed by atoms with E-state index in [0.29, 0.717) is 17.7 Å². The van der Waals surface area contributed by atoms with Gasteiger partial charge in [0.05, 0.1) is 0 Å². The van der Waals surface area contributed by atoms with E-state index in [0.717, 1.165) is 25.6 Å². The highest BCUT2D eigenvalue weighted by Crippen LogP contribution is 2.29. The lowest BCUT2D eigenvalue weighted by Crippen LogP contribution is -2.37. The lowest BCUT2D eigenvalue weighted by atomic mass is 10.1. The number of likely N-dealkylation sites (tertiary alicyclic amines) is 1. The highest BCUT2D eigenvalue weighted by atomic mass is 16.2. The van der Waals surface area contributed by atoms with Crippen molar-refractivity contribution in [3.63, 3.8) is 0 Å². The van der Waals surface area contributed by atoms with Gasteiger partial charge in [-0.05, 0) is 37.5 Å². The summed E-state index contributed by atoms with van der Waals surface area (Å²) in [5.41, 5.74) is 1.27. The third-order valence-electron chi connectivity index (χ3n) is 4.35. The Morgan fingerprint density at radius 3 is 2.82 bits per heavy atom. The van der Waals surface area contributed by atoms with Crippen LogP contribution >= 0.6 is 0 Å². The van der Waals surface area contributed by atoms with Gasteiger partial charge < -0.3 is 10.6 Å². The number of benzene rings is 1. The molecule has 22 heavy (non-hydrogen) atoms. The molecule has 0 aromatic heterocycles. The largest absolute Gasteiger partial charge is 0.348 e. The van der Waals surface area contributed by atoms with Gasteiger partial charge in [0.2, 0.25) is 5.91 Å². The summed E-state index contributed by atoms with van der Waals surface area (Å²) in [6.07, 6.45) is 4.06. The van der Waals surface area contributed by atoms with Crippen molar-refractivity contribution in [2.24, 2.45) is 0 Å². The van der Waals surface area contributed by atoms with Gasteiger partial charge in [-0.15, -0.1) is 0 Å². The molecule has 0 radical (unpaired) electrons. The fourth-order valence-electron chi connectivity index (χ4n) is 2.93. The highest BCUT2D eigenvalue weighted by molar-refractivity contribution is 5.97. The lowest BCUT2D eigenvalue weighted by Gasteiger charge is -2.16. The Hall–Kier alpha value is -1.88. The normalized spacial score (nSPS) is 21.6. The molecule has 1 aromatic rings. The van der Waals surface area contributed by atoms with Crippen LogP contribution in [0.25, 0.3) is 0 Å². The zero-order valence-electron chi connectivity index (χ0n) is 13.0. The molecule has 2 amide bonds. The van der Waals surface area contributed by atoms with Crippen molar-refractivity contribution in [1.29, 1.82) is 0 Å². The third kappa shape index (κ3) is 3.65. The Bertz CT molecular complexity index is 569. The second-order valence-corrected chi connectivity index (χ2v) is 6.17. The fourth-order valence-corrected chi connectivity index (χ4v) is 2.93. The Kier molecular flexibility index (Phi) is 4.43. The second-order valence-electron chi connectivity index (χ2n) is 6.17. The molecular formula is C17H23N3O2. The van der Waals surface area contributed by atoms with E-state index in [1.54, 1.807) is 31.2 Å². The Morgan fingerprint density at radius 1 is 1.27 bits per heavy atom. The van der Waals surface area contributed by atoms with Crippen LogP contribution in [-0.2, 0) is 4.79 Å². The van der Waals surface area contributed by atoms with Gasteiger partial charge in [0.1, 0.15) is 0 Å². The quantitative estimate of drug-likeness (QED) is 0.874. The smallest absolute Gasteiger partial charge is 0.251 e. The summed E-state index contributed by atoms with van der Waals surface area (Å²) in [7, 11) is 0. The molecule has 1 atom stereocenters. The number of anilines is 1. The maximum Gasteiger partial charge on any atom is 0.251 e. The average Bonchev–Trinajstić information content (AvgIpc) is 3.27. The molecule has 3 rings (SSSR count). The Labute approximate surface area is 131 Å². The van der Waals surface area contributed by atoms with Gasteiger partial charge in [-0.3, -0.25) is 14.5 Å².